The van der Waals surface area contributed by atoms with Gasteiger partial charge in [-0.1, -0.05) is 0 Å². The van der Waals surface area contributed by atoms with Crippen molar-refractivity contribution in [1.29, 1.82) is 0 Å². The molecule has 0 saturated carbocycles. The zero-order chi connectivity index (χ0) is 11.4. The van der Waals surface area contributed by atoms with Crippen molar-refractivity contribution in [3.05, 3.63) is 37.2 Å². The molecule has 0 spiro atoms. The monoisotopic (exact) mass is 217 g/mol. The lowest BCUT2D eigenvalue weighted by Gasteiger charge is -2.15. The van der Waals surface area contributed by atoms with Gasteiger partial charge in [0, 0.05) is 12.4 Å². The van der Waals surface area contributed by atoms with E-state index in [2.05, 4.69) is 19.9 Å². The Bertz CT molecular complexity index is 436. The van der Waals surface area contributed by atoms with E-state index in [1.807, 2.05) is 0 Å². The molecule has 0 aliphatic rings. The number of aromatic nitrogens is 4. The van der Waals surface area contributed by atoms with Crippen LogP contribution < -0.4 is 4.90 Å². The first-order chi connectivity index (χ1) is 7.79. The summed E-state index contributed by atoms with van der Waals surface area (Å²) in [5.74, 6) is 0.474. The number of anilines is 2. The van der Waals surface area contributed by atoms with Crippen LogP contribution in [0.1, 0.15) is 0 Å². The zero-order valence-electron chi connectivity index (χ0n) is 8.06. The molecule has 0 radical (unpaired) electrons. The molecule has 1 amide bonds. The van der Waals surface area contributed by atoms with Crippen molar-refractivity contribution in [2.75, 3.05) is 4.90 Å². The summed E-state index contributed by atoms with van der Waals surface area (Å²) < 4.78 is 0. The van der Waals surface area contributed by atoms with Crippen LogP contribution in [0, 0.1) is 0 Å². The van der Waals surface area contributed by atoms with Crippen molar-refractivity contribution >= 4 is 17.7 Å². The minimum Gasteiger partial charge on any atom is -0.464 e. The number of amides is 1. The number of nitrogens with zero attached hydrogens (tertiary/aromatic N) is 5. The van der Waals surface area contributed by atoms with Gasteiger partial charge in [-0.15, -0.1) is 0 Å². The lowest BCUT2D eigenvalue weighted by molar-refractivity contribution is 0.204. The van der Waals surface area contributed by atoms with Crippen LogP contribution >= 0.6 is 0 Å². The van der Waals surface area contributed by atoms with Crippen LogP contribution in [-0.2, 0) is 0 Å². The second-order valence-corrected chi connectivity index (χ2v) is 2.75. The normalized spacial score (nSPS) is 9.75. The number of rotatable bonds is 2. The Hall–Kier alpha value is -2.57. The summed E-state index contributed by atoms with van der Waals surface area (Å²) in [6, 6.07) is 2.96. The standard InChI is InChI=1S/C9H7N5O2/c15-9(16)14(7-1-3-10-5-12-7)8-2-4-11-6-13-8/h1-6H,(H,15,16). The van der Waals surface area contributed by atoms with Gasteiger partial charge in [-0.25, -0.2) is 29.6 Å². The predicted molar refractivity (Wildman–Crippen MR) is 54.2 cm³/mol. The van der Waals surface area contributed by atoms with E-state index in [0.717, 1.165) is 4.90 Å². The van der Waals surface area contributed by atoms with Crippen molar-refractivity contribution in [2.45, 2.75) is 0 Å². The largest absolute Gasteiger partial charge is 0.464 e. The molecule has 0 aromatic carbocycles. The van der Waals surface area contributed by atoms with Gasteiger partial charge >= 0.3 is 6.09 Å². The van der Waals surface area contributed by atoms with Crippen LogP contribution in [0.5, 0.6) is 0 Å². The highest BCUT2D eigenvalue weighted by Crippen LogP contribution is 2.19. The van der Waals surface area contributed by atoms with Gasteiger partial charge in [-0.05, 0) is 12.1 Å². The molecule has 2 rings (SSSR count). The topological polar surface area (TPSA) is 92.1 Å². The zero-order valence-corrected chi connectivity index (χ0v) is 8.06. The fraction of sp³-hybridized carbons (Fsp3) is 0. The lowest BCUT2D eigenvalue weighted by atomic mass is 10.4. The maximum Gasteiger partial charge on any atom is 0.418 e. The van der Waals surface area contributed by atoms with E-state index in [4.69, 9.17) is 5.11 Å². The van der Waals surface area contributed by atoms with Gasteiger partial charge in [0.1, 0.15) is 24.3 Å². The highest BCUT2D eigenvalue weighted by Gasteiger charge is 2.18. The van der Waals surface area contributed by atoms with Crippen LogP contribution in [0.15, 0.2) is 37.2 Å². The lowest BCUT2D eigenvalue weighted by Crippen LogP contribution is -2.25. The summed E-state index contributed by atoms with van der Waals surface area (Å²) >= 11 is 0. The van der Waals surface area contributed by atoms with E-state index in [9.17, 15) is 4.79 Å². The number of carboxylic acid groups (broad SMARTS) is 1. The highest BCUT2D eigenvalue weighted by molar-refractivity contribution is 5.92. The summed E-state index contributed by atoms with van der Waals surface area (Å²) in [5, 5.41) is 9.09. The molecule has 1 N–H and O–H groups in total. The molecule has 7 nitrogen and oxygen atoms in total. The van der Waals surface area contributed by atoms with Crippen molar-refractivity contribution < 1.29 is 9.90 Å². The first-order valence-corrected chi connectivity index (χ1v) is 4.34. The van der Waals surface area contributed by atoms with Gasteiger partial charge in [0.25, 0.3) is 0 Å². The maximum absolute atomic E-state index is 11.1. The molecule has 0 unspecified atom stereocenters. The second-order valence-electron chi connectivity index (χ2n) is 2.75. The molecule has 2 aromatic rings. The van der Waals surface area contributed by atoms with Crippen LogP contribution in [0.2, 0.25) is 0 Å². The highest BCUT2D eigenvalue weighted by atomic mass is 16.4. The summed E-state index contributed by atoms with van der Waals surface area (Å²) in [5.41, 5.74) is 0. The van der Waals surface area contributed by atoms with E-state index in [-0.39, 0.29) is 11.6 Å². The van der Waals surface area contributed by atoms with Crippen molar-refractivity contribution in [3.8, 4) is 0 Å². The van der Waals surface area contributed by atoms with Crippen molar-refractivity contribution in [3.63, 3.8) is 0 Å². The van der Waals surface area contributed by atoms with E-state index >= 15 is 0 Å². The first-order valence-electron chi connectivity index (χ1n) is 4.34. The Morgan fingerprint density at radius 3 is 1.88 bits per heavy atom. The summed E-state index contributed by atoms with van der Waals surface area (Å²) in [4.78, 5) is 27.2. The Morgan fingerprint density at radius 1 is 1.06 bits per heavy atom. The number of carbonyl (C=O) groups is 1. The van der Waals surface area contributed by atoms with Gasteiger partial charge in [0.15, 0.2) is 0 Å². The second kappa shape index (κ2) is 4.30. The van der Waals surface area contributed by atoms with Crippen LogP contribution in [0.3, 0.4) is 0 Å². The fourth-order valence-electron chi connectivity index (χ4n) is 1.15. The minimum atomic E-state index is -1.17. The van der Waals surface area contributed by atoms with E-state index in [1.54, 1.807) is 0 Å². The Kier molecular flexibility index (Phi) is 2.68. The molecule has 2 aromatic heterocycles. The van der Waals surface area contributed by atoms with Crippen LogP contribution in [-0.4, -0.2) is 31.1 Å². The number of hydrogen-bond donors (Lipinski definition) is 1. The van der Waals surface area contributed by atoms with E-state index < -0.39 is 6.09 Å². The first kappa shape index (κ1) is 9.97. The molecule has 2 heterocycles. The van der Waals surface area contributed by atoms with E-state index in [0.29, 0.717) is 0 Å². The molecule has 0 bridgehead atoms. The van der Waals surface area contributed by atoms with Crippen molar-refractivity contribution in [2.24, 2.45) is 0 Å². The minimum absolute atomic E-state index is 0.237. The summed E-state index contributed by atoms with van der Waals surface area (Å²) in [6.45, 7) is 0. The molecule has 0 aliphatic carbocycles. The van der Waals surface area contributed by atoms with Gasteiger partial charge in [-0.3, -0.25) is 0 Å². The molecule has 0 fully saturated rings. The van der Waals surface area contributed by atoms with Crippen LogP contribution in [0.4, 0.5) is 16.4 Å². The fourth-order valence-corrected chi connectivity index (χ4v) is 1.15. The average molecular weight is 217 g/mol. The van der Waals surface area contributed by atoms with Gasteiger partial charge in [0.2, 0.25) is 0 Å². The Balaban J connectivity index is 2.44. The number of hydrogen-bond acceptors (Lipinski definition) is 5. The molecule has 7 heteroatoms. The third kappa shape index (κ3) is 1.92. The van der Waals surface area contributed by atoms with Crippen LogP contribution in [0.25, 0.3) is 0 Å². The molecule has 0 saturated heterocycles. The third-order valence-electron chi connectivity index (χ3n) is 1.78. The maximum atomic E-state index is 11.1. The molecular formula is C9H7N5O2. The smallest absolute Gasteiger partial charge is 0.418 e. The van der Waals surface area contributed by atoms with Gasteiger partial charge in [0.05, 0.1) is 0 Å². The molecule has 16 heavy (non-hydrogen) atoms. The molecule has 80 valence electrons. The predicted octanol–water partition coefficient (Wildman–Crippen LogP) is 1.08. The van der Waals surface area contributed by atoms with Gasteiger partial charge in [-0.2, -0.15) is 0 Å². The SMILES string of the molecule is O=C(O)N(c1ccncn1)c1ccncn1. The Labute approximate surface area is 90.4 Å². The molecule has 0 aliphatic heterocycles. The van der Waals surface area contributed by atoms with Crippen molar-refractivity contribution in [1.82, 2.24) is 19.9 Å². The summed E-state index contributed by atoms with van der Waals surface area (Å²) in [7, 11) is 0. The Morgan fingerprint density at radius 2 is 1.56 bits per heavy atom. The van der Waals surface area contributed by atoms with E-state index in [1.165, 1.54) is 37.2 Å². The molecular weight excluding hydrogens is 210 g/mol. The van der Waals surface area contributed by atoms with Gasteiger partial charge < -0.3 is 5.11 Å². The third-order valence-corrected chi connectivity index (χ3v) is 1.78. The average Bonchev–Trinajstić information content (AvgIpc) is 2.31. The summed E-state index contributed by atoms with van der Waals surface area (Å²) in [6.07, 6.45) is 4.29. The quantitative estimate of drug-likeness (QED) is 0.809. The molecule has 0 atom stereocenters.